The summed E-state index contributed by atoms with van der Waals surface area (Å²) in [6.45, 7) is 0.510. The largest absolute Gasteiger partial charge is 0.383 e. The number of methoxy groups -OCH3 is 1. The van der Waals surface area contributed by atoms with Crippen molar-refractivity contribution < 1.29 is 9.13 Å². The van der Waals surface area contributed by atoms with Crippen LogP contribution in [0.1, 0.15) is 5.56 Å². The van der Waals surface area contributed by atoms with Gasteiger partial charge < -0.3 is 9.30 Å². The maximum Gasteiger partial charge on any atom is 0.337 e. The minimum Gasteiger partial charge on any atom is -0.383 e. The summed E-state index contributed by atoms with van der Waals surface area (Å²) in [5.41, 5.74) is 0.331. The lowest BCUT2D eigenvalue weighted by Crippen LogP contribution is -2.41. The molecule has 0 amide bonds. The molecule has 0 saturated carbocycles. The Morgan fingerprint density at radius 1 is 1.13 bits per heavy atom. The first kappa shape index (κ1) is 20.1. The van der Waals surface area contributed by atoms with Crippen molar-refractivity contribution in [2.45, 2.75) is 13.1 Å². The van der Waals surface area contributed by atoms with E-state index in [9.17, 15) is 14.0 Å². The van der Waals surface area contributed by atoms with Crippen molar-refractivity contribution in [1.82, 2.24) is 18.7 Å². The molecule has 7 nitrogen and oxygen atoms in total. The SMILES string of the molecule is COCCn1c(=O)c2c(ncn2Cc2ccccc2Cl)n(-c2cccc(F)c2)c1=O. The smallest absolute Gasteiger partial charge is 0.337 e. The lowest BCUT2D eigenvalue weighted by Gasteiger charge is -2.13. The summed E-state index contributed by atoms with van der Waals surface area (Å²) in [4.78, 5) is 30.6. The summed E-state index contributed by atoms with van der Waals surface area (Å²) in [7, 11) is 1.48. The lowest BCUT2D eigenvalue weighted by atomic mass is 10.2. The van der Waals surface area contributed by atoms with Gasteiger partial charge >= 0.3 is 5.69 Å². The van der Waals surface area contributed by atoms with Gasteiger partial charge in [-0.3, -0.25) is 9.36 Å². The molecular weight excluding hydrogens is 411 g/mol. The fourth-order valence-electron chi connectivity index (χ4n) is 3.34. The molecule has 0 unspecified atom stereocenters. The van der Waals surface area contributed by atoms with Crippen LogP contribution in [0.15, 0.2) is 64.4 Å². The predicted molar refractivity (Wildman–Crippen MR) is 112 cm³/mol. The molecular formula is C21H18ClFN4O3. The highest BCUT2D eigenvalue weighted by Gasteiger charge is 2.20. The molecule has 30 heavy (non-hydrogen) atoms. The Hall–Kier alpha value is -3.23. The lowest BCUT2D eigenvalue weighted by molar-refractivity contribution is 0.184. The Morgan fingerprint density at radius 3 is 2.67 bits per heavy atom. The Balaban J connectivity index is 1.99. The second kappa shape index (κ2) is 8.25. The quantitative estimate of drug-likeness (QED) is 0.473. The molecule has 0 aliphatic heterocycles. The first-order valence-corrected chi connectivity index (χ1v) is 9.58. The molecule has 2 aromatic carbocycles. The van der Waals surface area contributed by atoms with Gasteiger partial charge in [-0.25, -0.2) is 18.7 Å². The average molecular weight is 429 g/mol. The fraction of sp³-hybridized carbons (Fsp3) is 0.190. The monoisotopic (exact) mass is 428 g/mol. The molecule has 0 aliphatic rings. The number of hydrogen-bond donors (Lipinski definition) is 0. The van der Waals surface area contributed by atoms with Gasteiger partial charge in [-0.2, -0.15) is 0 Å². The van der Waals surface area contributed by atoms with E-state index < -0.39 is 17.1 Å². The minimum absolute atomic E-state index is 0.0523. The average Bonchev–Trinajstić information content (AvgIpc) is 3.13. The summed E-state index contributed by atoms with van der Waals surface area (Å²) >= 11 is 6.27. The number of imidazole rings is 1. The topological polar surface area (TPSA) is 71.1 Å². The highest BCUT2D eigenvalue weighted by molar-refractivity contribution is 6.31. The van der Waals surface area contributed by atoms with Crippen molar-refractivity contribution >= 4 is 22.8 Å². The zero-order valence-corrected chi connectivity index (χ0v) is 16.8. The van der Waals surface area contributed by atoms with Crippen molar-refractivity contribution in [3.8, 4) is 5.69 Å². The molecule has 9 heteroatoms. The van der Waals surface area contributed by atoms with Crippen LogP contribution in [0.5, 0.6) is 0 Å². The van der Waals surface area contributed by atoms with Gasteiger partial charge in [0.15, 0.2) is 11.2 Å². The Morgan fingerprint density at radius 2 is 1.93 bits per heavy atom. The normalized spacial score (nSPS) is 11.3. The number of fused-ring (bicyclic) bond motifs is 1. The molecule has 2 heterocycles. The van der Waals surface area contributed by atoms with Crippen LogP contribution in [0.25, 0.3) is 16.9 Å². The third kappa shape index (κ3) is 3.55. The minimum atomic E-state index is -0.613. The van der Waals surface area contributed by atoms with E-state index in [1.165, 1.54) is 36.2 Å². The van der Waals surface area contributed by atoms with E-state index in [1.54, 1.807) is 16.7 Å². The number of rotatable bonds is 6. The van der Waals surface area contributed by atoms with Crippen molar-refractivity contribution in [3.63, 3.8) is 0 Å². The van der Waals surface area contributed by atoms with E-state index in [1.807, 2.05) is 18.2 Å². The molecule has 0 saturated heterocycles. The van der Waals surface area contributed by atoms with E-state index in [4.69, 9.17) is 16.3 Å². The molecule has 154 valence electrons. The van der Waals surface area contributed by atoms with Crippen molar-refractivity contribution in [2.75, 3.05) is 13.7 Å². The van der Waals surface area contributed by atoms with Gasteiger partial charge in [0.1, 0.15) is 5.82 Å². The van der Waals surface area contributed by atoms with E-state index in [0.29, 0.717) is 5.02 Å². The summed E-state index contributed by atoms with van der Waals surface area (Å²) in [5, 5.41) is 0.553. The van der Waals surface area contributed by atoms with Crippen molar-refractivity contribution in [2.24, 2.45) is 0 Å². The van der Waals surface area contributed by atoms with E-state index in [0.717, 1.165) is 10.1 Å². The molecule has 0 radical (unpaired) electrons. The van der Waals surface area contributed by atoms with Gasteiger partial charge in [-0.15, -0.1) is 0 Å². The molecule has 2 aromatic heterocycles. The number of aromatic nitrogens is 4. The maximum absolute atomic E-state index is 13.9. The molecule has 0 fully saturated rings. The first-order chi connectivity index (χ1) is 14.5. The zero-order valence-electron chi connectivity index (χ0n) is 16.1. The maximum atomic E-state index is 13.9. The van der Waals surface area contributed by atoms with Gasteiger partial charge in [0.25, 0.3) is 5.56 Å². The van der Waals surface area contributed by atoms with Gasteiger partial charge in [0.05, 0.1) is 31.7 Å². The van der Waals surface area contributed by atoms with E-state index >= 15 is 0 Å². The van der Waals surface area contributed by atoms with Crippen LogP contribution in [-0.2, 0) is 17.8 Å². The number of ether oxygens (including phenoxy) is 1. The molecule has 4 rings (SSSR count). The fourth-order valence-corrected chi connectivity index (χ4v) is 3.53. The molecule has 0 N–H and O–H groups in total. The third-order valence-corrected chi connectivity index (χ3v) is 5.15. The summed E-state index contributed by atoms with van der Waals surface area (Å²) in [6.07, 6.45) is 1.48. The van der Waals surface area contributed by atoms with Crippen molar-refractivity contribution in [1.29, 1.82) is 0 Å². The molecule has 0 atom stereocenters. The third-order valence-electron chi connectivity index (χ3n) is 4.78. The second-order valence-corrected chi connectivity index (χ2v) is 7.09. The number of halogens is 2. The Kier molecular flexibility index (Phi) is 5.52. The summed E-state index contributed by atoms with van der Waals surface area (Å²) < 4.78 is 22.8. The van der Waals surface area contributed by atoms with Crippen LogP contribution in [0.2, 0.25) is 5.02 Å². The van der Waals surface area contributed by atoms with Gasteiger partial charge in [-0.05, 0) is 29.8 Å². The van der Waals surface area contributed by atoms with Crippen LogP contribution in [-0.4, -0.2) is 32.4 Å². The van der Waals surface area contributed by atoms with Crippen LogP contribution >= 0.6 is 11.6 Å². The Bertz CT molecular complexity index is 1340. The molecule has 0 bridgehead atoms. The molecule has 0 aliphatic carbocycles. The number of nitrogens with zero attached hydrogens (tertiary/aromatic N) is 4. The number of hydrogen-bond acceptors (Lipinski definition) is 4. The van der Waals surface area contributed by atoms with Crippen LogP contribution in [0.4, 0.5) is 4.39 Å². The van der Waals surface area contributed by atoms with Gasteiger partial charge in [-0.1, -0.05) is 35.9 Å². The van der Waals surface area contributed by atoms with Crippen LogP contribution in [0, 0.1) is 5.82 Å². The summed E-state index contributed by atoms with van der Waals surface area (Å²) in [6, 6.07) is 12.9. The van der Waals surface area contributed by atoms with E-state index in [-0.39, 0.29) is 36.5 Å². The number of benzene rings is 2. The Labute approximate surface area is 175 Å². The highest BCUT2D eigenvalue weighted by Crippen LogP contribution is 2.19. The van der Waals surface area contributed by atoms with Crippen LogP contribution in [0.3, 0.4) is 0 Å². The van der Waals surface area contributed by atoms with Crippen LogP contribution < -0.4 is 11.2 Å². The summed E-state index contributed by atoms with van der Waals surface area (Å²) in [5.74, 6) is -0.502. The highest BCUT2D eigenvalue weighted by atomic mass is 35.5. The first-order valence-electron chi connectivity index (χ1n) is 9.20. The zero-order chi connectivity index (χ0) is 21.3. The standard InChI is InChI=1S/C21H18ClFN4O3/c1-30-10-9-26-20(28)18-19(27(21(26)29)16-7-4-6-15(23)11-16)24-13-25(18)12-14-5-2-3-8-17(14)22/h2-8,11,13H,9-10,12H2,1H3. The van der Waals surface area contributed by atoms with E-state index in [2.05, 4.69) is 4.98 Å². The van der Waals surface area contributed by atoms with Gasteiger partial charge in [0, 0.05) is 12.1 Å². The van der Waals surface area contributed by atoms with Crippen molar-refractivity contribution in [3.05, 3.63) is 92.1 Å². The predicted octanol–water partition coefficient (Wildman–Crippen LogP) is 2.84. The second-order valence-electron chi connectivity index (χ2n) is 6.68. The van der Waals surface area contributed by atoms with Gasteiger partial charge in [0.2, 0.25) is 0 Å². The molecule has 0 spiro atoms. The molecule has 4 aromatic rings.